The van der Waals surface area contributed by atoms with Crippen LogP contribution in [0.4, 0.5) is 0 Å². The van der Waals surface area contributed by atoms with Crippen molar-refractivity contribution >= 4 is 22.4 Å². The van der Waals surface area contributed by atoms with E-state index in [0.717, 1.165) is 41.0 Å². The lowest BCUT2D eigenvalue weighted by molar-refractivity contribution is 0.456. The summed E-state index contributed by atoms with van der Waals surface area (Å²) in [6, 6.07) is 4.10. The van der Waals surface area contributed by atoms with Gasteiger partial charge >= 0.3 is 0 Å². The first-order chi connectivity index (χ1) is 8.88. The van der Waals surface area contributed by atoms with Gasteiger partial charge in [0.25, 0.3) is 0 Å². The van der Waals surface area contributed by atoms with Gasteiger partial charge in [0.15, 0.2) is 5.58 Å². The molecule has 0 aliphatic rings. The molecule has 92 valence electrons. The van der Waals surface area contributed by atoms with Crippen LogP contribution >= 0.6 is 11.3 Å². The van der Waals surface area contributed by atoms with Crippen LogP contribution < -0.4 is 5.32 Å². The molecule has 3 heterocycles. The highest BCUT2D eigenvalue weighted by Gasteiger charge is 2.11. The van der Waals surface area contributed by atoms with Crippen LogP contribution in [0, 0.1) is 0 Å². The fourth-order valence-electron chi connectivity index (χ4n) is 1.89. The lowest BCUT2D eigenvalue weighted by atomic mass is 10.1. The minimum atomic E-state index is 0.738. The summed E-state index contributed by atoms with van der Waals surface area (Å²) in [5.74, 6) is 0. The fourth-order valence-corrected chi connectivity index (χ4v) is 2.53. The molecule has 0 radical (unpaired) electrons. The molecular weight excluding hydrogens is 246 g/mol. The molecular formula is C13H13N3OS. The summed E-state index contributed by atoms with van der Waals surface area (Å²) in [6.07, 6.45) is 1.65. The van der Waals surface area contributed by atoms with E-state index in [-0.39, 0.29) is 0 Å². The average Bonchev–Trinajstić information content (AvgIpc) is 3.05. The maximum absolute atomic E-state index is 5.17. The van der Waals surface area contributed by atoms with Gasteiger partial charge < -0.3 is 9.84 Å². The first-order valence-electron chi connectivity index (χ1n) is 5.86. The highest BCUT2D eigenvalue weighted by molar-refractivity contribution is 7.08. The number of rotatable bonds is 4. The molecule has 1 N–H and O–H groups in total. The van der Waals surface area contributed by atoms with Crippen LogP contribution in [-0.2, 0) is 6.54 Å². The third-order valence-corrected chi connectivity index (χ3v) is 3.46. The third-order valence-electron chi connectivity index (χ3n) is 2.78. The van der Waals surface area contributed by atoms with Crippen molar-refractivity contribution in [1.29, 1.82) is 0 Å². The Bertz CT molecular complexity index is 645. The molecule has 18 heavy (non-hydrogen) atoms. The van der Waals surface area contributed by atoms with Gasteiger partial charge in [0, 0.05) is 17.5 Å². The Labute approximate surface area is 109 Å². The molecule has 0 aromatic carbocycles. The fraction of sp³-hybridized carbons (Fsp3) is 0.231. The minimum Gasteiger partial charge on any atom is -0.355 e. The molecule has 0 amide bonds. The average molecular weight is 259 g/mol. The zero-order valence-electron chi connectivity index (χ0n) is 10.0. The van der Waals surface area contributed by atoms with Gasteiger partial charge in [0.05, 0.1) is 11.9 Å². The van der Waals surface area contributed by atoms with Crippen LogP contribution in [0.15, 0.2) is 33.6 Å². The molecule has 0 saturated heterocycles. The Balaban J connectivity index is 2.13. The van der Waals surface area contributed by atoms with Crippen molar-refractivity contribution in [3.63, 3.8) is 0 Å². The molecule has 0 spiro atoms. The van der Waals surface area contributed by atoms with Gasteiger partial charge in [0.1, 0.15) is 5.52 Å². The second-order valence-electron chi connectivity index (χ2n) is 4.00. The van der Waals surface area contributed by atoms with Crippen molar-refractivity contribution in [3.05, 3.63) is 34.7 Å². The van der Waals surface area contributed by atoms with E-state index in [1.54, 1.807) is 17.5 Å². The number of fused-ring (bicyclic) bond motifs is 1. The number of thiophene rings is 1. The number of aromatic nitrogens is 2. The van der Waals surface area contributed by atoms with E-state index >= 15 is 0 Å². The van der Waals surface area contributed by atoms with E-state index in [2.05, 4.69) is 39.2 Å². The lowest BCUT2D eigenvalue weighted by Crippen LogP contribution is -2.12. The van der Waals surface area contributed by atoms with Gasteiger partial charge in [0.2, 0.25) is 0 Å². The molecule has 0 aliphatic heterocycles. The quantitative estimate of drug-likeness (QED) is 0.782. The topological polar surface area (TPSA) is 51.0 Å². The maximum Gasteiger partial charge on any atom is 0.185 e. The predicted molar refractivity (Wildman–Crippen MR) is 72.5 cm³/mol. The first-order valence-corrected chi connectivity index (χ1v) is 6.80. The second kappa shape index (κ2) is 4.88. The zero-order valence-corrected chi connectivity index (χ0v) is 10.8. The largest absolute Gasteiger partial charge is 0.355 e. The summed E-state index contributed by atoms with van der Waals surface area (Å²) in [5.41, 5.74) is 4.83. The minimum absolute atomic E-state index is 0.738. The molecule has 0 saturated carbocycles. The second-order valence-corrected chi connectivity index (χ2v) is 4.78. The third kappa shape index (κ3) is 2.02. The SMILES string of the molecule is CCNCc1cc2oncc2nc1-c1ccsc1. The van der Waals surface area contributed by atoms with E-state index in [1.807, 2.05) is 6.07 Å². The van der Waals surface area contributed by atoms with E-state index in [1.165, 1.54) is 0 Å². The van der Waals surface area contributed by atoms with Gasteiger partial charge in [-0.25, -0.2) is 4.98 Å². The van der Waals surface area contributed by atoms with Crippen LogP contribution in [0.25, 0.3) is 22.4 Å². The van der Waals surface area contributed by atoms with Crippen molar-refractivity contribution in [1.82, 2.24) is 15.5 Å². The Morgan fingerprint density at radius 2 is 2.39 bits per heavy atom. The van der Waals surface area contributed by atoms with E-state index in [9.17, 15) is 0 Å². The smallest absolute Gasteiger partial charge is 0.185 e. The summed E-state index contributed by atoms with van der Waals surface area (Å²) in [5, 5.41) is 11.3. The number of pyridine rings is 1. The van der Waals surface area contributed by atoms with Crippen molar-refractivity contribution in [2.45, 2.75) is 13.5 Å². The Kier molecular flexibility index (Phi) is 3.08. The molecule has 0 atom stereocenters. The van der Waals surface area contributed by atoms with Crippen LogP contribution in [0.2, 0.25) is 0 Å². The molecule has 0 unspecified atom stereocenters. The molecule has 3 rings (SSSR count). The van der Waals surface area contributed by atoms with Gasteiger partial charge in [-0.05, 0) is 29.6 Å². The van der Waals surface area contributed by atoms with Crippen LogP contribution in [0.5, 0.6) is 0 Å². The van der Waals surface area contributed by atoms with Crippen LogP contribution in [-0.4, -0.2) is 16.7 Å². The standard InChI is InChI=1S/C13H13N3OS/c1-2-14-6-10-5-12-11(7-15-17-12)16-13(10)9-3-4-18-8-9/h3-5,7-8,14H,2,6H2,1H3. The number of hydrogen-bond acceptors (Lipinski definition) is 5. The maximum atomic E-state index is 5.17. The van der Waals surface area contributed by atoms with Gasteiger partial charge in [-0.3, -0.25) is 0 Å². The summed E-state index contributed by atoms with van der Waals surface area (Å²) in [4.78, 5) is 4.64. The summed E-state index contributed by atoms with van der Waals surface area (Å²) < 4.78 is 5.17. The predicted octanol–water partition coefficient (Wildman–Crippen LogP) is 3.06. The Morgan fingerprint density at radius 3 is 3.17 bits per heavy atom. The van der Waals surface area contributed by atoms with Crippen molar-refractivity contribution in [2.75, 3.05) is 6.54 Å². The van der Waals surface area contributed by atoms with Crippen molar-refractivity contribution in [3.8, 4) is 11.3 Å². The number of nitrogens with one attached hydrogen (secondary N) is 1. The monoisotopic (exact) mass is 259 g/mol. The zero-order chi connectivity index (χ0) is 12.4. The Morgan fingerprint density at radius 1 is 1.44 bits per heavy atom. The Hall–Kier alpha value is -1.72. The first kappa shape index (κ1) is 11.4. The van der Waals surface area contributed by atoms with Crippen LogP contribution in [0.1, 0.15) is 12.5 Å². The van der Waals surface area contributed by atoms with Gasteiger partial charge in [-0.1, -0.05) is 12.1 Å². The molecule has 3 aromatic rings. The number of nitrogens with zero attached hydrogens (tertiary/aromatic N) is 2. The summed E-state index contributed by atoms with van der Waals surface area (Å²) >= 11 is 1.67. The van der Waals surface area contributed by atoms with Gasteiger partial charge in [-0.15, -0.1) is 0 Å². The van der Waals surface area contributed by atoms with Crippen molar-refractivity contribution < 1.29 is 4.52 Å². The lowest BCUT2D eigenvalue weighted by Gasteiger charge is -2.07. The van der Waals surface area contributed by atoms with E-state index < -0.39 is 0 Å². The normalized spacial score (nSPS) is 11.2. The molecule has 4 nitrogen and oxygen atoms in total. The molecule has 0 bridgehead atoms. The molecule has 0 fully saturated rings. The van der Waals surface area contributed by atoms with Crippen LogP contribution in [0.3, 0.4) is 0 Å². The number of hydrogen-bond donors (Lipinski definition) is 1. The highest BCUT2D eigenvalue weighted by atomic mass is 32.1. The van der Waals surface area contributed by atoms with E-state index in [0.29, 0.717) is 0 Å². The summed E-state index contributed by atoms with van der Waals surface area (Å²) in [7, 11) is 0. The highest BCUT2D eigenvalue weighted by Crippen LogP contribution is 2.27. The molecule has 0 aliphatic carbocycles. The summed E-state index contributed by atoms with van der Waals surface area (Å²) in [6.45, 7) is 3.80. The van der Waals surface area contributed by atoms with Gasteiger partial charge in [-0.2, -0.15) is 11.3 Å². The molecule has 3 aromatic heterocycles. The molecule has 5 heteroatoms. The van der Waals surface area contributed by atoms with E-state index in [4.69, 9.17) is 4.52 Å². The van der Waals surface area contributed by atoms with Crippen molar-refractivity contribution in [2.24, 2.45) is 0 Å².